The molecule has 1 heterocycles. The first-order valence-corrected chi connectivity index (χ1v) is 6.22. The molecule has 0 aliphatic carbocycles. The van der Waals surface area contributed by atoms with E-state index in [-0.39, 0.29) is 11.7 Å². The fraction of sp³-hybridized carbons (Fsp3) is 0.417. The van der Waals surface area contributed by atoms with Gasteiger partial charge in [-0.3, -0.25) is 4.79 Å². The van der Waals surface area contributed by atoms with Crippen molar-refractivity contribution in [2.75, 3.05) is 13.1 Å². The summed E-state index contributed by atoms with van der Waals surface area (Å²) in [5, 5.41) is 0. The van der Waals surface area contributed by atoms with E-state index >= 15 is 0 Å². The van der Waals surface area contributed by atoms with Crippen molar-refractivity contribution in [2.45, 2.75) is 19.3 Å². The van der Waals surface area contributed by atoms with Crippen LogP contribution in [0.5, 0.6) is 0 Å². The smallest absolute Gasteiger partial charge is 0.255 e. The molecule has 0 saturated carbocycles. The van der Waals surface area contributed by atoms with Crippen molar-refractivity contribution in [2.24, 2.45) is 0 Å². The zero-order valence-electron chi connectivity index (χ0n) is 8.88. The number of amides is 1. The molecule has 4 heteroatoms. The van der Waals surface area contributed by atoms with Gasteiger partial charge in [-0.1, -0.05) is 0 Å². The van der Waals surface area contributed by atoms with Crippen molar-refractivity contribution in [3.8, 4) is 0 Å². The fourth-order valence-electron chi connectivity index (χ4n) is 1.93. The number of benzene rings is 1. The first kappa shape index (κ1) is 11.6. The highest BCUT2D eigenvalue weighted by molar-refractivity contribution is 9.10. The summed E-state index contributed by atoms with van der Waals surface area (Å²) in [6.45, 7) is 1.62. The van der Waals surface area contributed by atoms with Gasteiger partial charge in [0.1, 0.15) is 5.82 Å². The van der Waals surface area contributed by atoms with E-state index in [2.05, 4.69) is 15.9 Å². The molecule has 0 radical (unpaired) electrons. The molecule has 1 fully saturated rings. The second-order valence-electron chi connectivity index (χ2n) is 3.98. The summed E-state index contributed by atoms with van der Waals surface area (Å²) in [4.78, 5) is 13.9. The Bertz CT molecular complexity index is 402. The molecule has 1 amide bonds. The summed E-state index contributed by atoms with van der Waals surface area (Å²) in [5.74, 6) is -0.339. The number of rotatable bonds is 1. The van der Waals surface area contributed by atoms with Gasteiger partial charge in [-0.05, 0) is 53.4 Å². The highest BCUT2D eigenvalue weighted by atomic mass is 79.9. The zero-order valence-corrected chi connectivity index (χ0v) is 10.5. The van der Waals surface area contributed by atoms with Crippen LogP contribution in [0.1, 0.15) is 29.6 Å². The SMILES string of the molecule is O=C(c1ccc(F)cc1Br)N1CCCCC1. The van der Waals surface area contributed by atoms with Gasteiger partial charge in [0, 0.05) is 17.6 Å². The molecule has 0 atom stereocenters. The Labute approximate surface area is 103 Å². The Morgan fingerprint density at radius 2 is 1.94 bits per heavy atom. The van der Waals surface area contributed by atoms with E-state index < -0.39 is 0 Å². The predicted octanol–water partition coefficient (Wildman–Crippen LogP) is 3.21. The zero-order chi connectivity index (χ0) is 11.5. The molecule has 1 saturated heterocycles. The quantitative estimate of drug-likeness (QED) is 0.776. The average molecular weight is 286 g/mol. The van der Waals surface area contributed by atoms with Crippen molar-refractivity contribution >= 4 is 21.8 Å². The van der Waals surface area contributed by atoms with Crippen molar-refractivity contribution in [1.29, 1.82) is 0 Å². The van der Waals surface area contributed by atoms with Crippen LogP contribution >= 0.6 is 15.9 Å². The third kappa shape index (κ3) is 2.43. The molecule has 0 N–H and O–H groups in total. The average Bonchev–Trinajstić information content (AvgIpc) is 2.29. The third-order valence-corrected chi connectivity index (χ3v) is 3.46. The van der Waals surface area contributed by atoms with E-state index in [1.165, 1.54) is 24.6 Å². The molecule has 1 aromatic rings. The highest BCUT2D eigenvalue weighted by Gasteiger charge is 2.20. The standard InChI is InChI=1S/C12H13BrFNO/c13-11-8-9(14)4-5-10(11)12(16)15-6-2-1-3-7-15/h4-5,8H,1-3,6-7H2. The lowest BCUT2D eigenvalue weighted by Crippen LogP contribution is -2.35. The maximum atomic E-state index is 12.9. The Morgan fingerprint density at radius 1 is 1.25 bits per heavy atom. The molecule has 1 aliphatic rings. The second-order valence-corrected chi connectivity index (χ2v) is 4.83. The lowest BCUT2D eigenvalue weighted by molar-refractivity contribution is 0.0723. The highest BCUT2D eigenvalue weighted by Crippen LogP contribution is 2.21. The van der Waals surface area contributed by atoms with Gasteiger partial charge >= 0.3 is 0 Å². The number of hydrogen-bond donors (Lipinski definition) is 0. The van der Waals surface area contributed by atoms with Crippen LogP contribution in [-0.4, -0.2) is 23.9 Å². The number of piperidine rings is 1. The summed E-state index contributed by atoms with van der Waals surface area (Å²) in [5.41, 5.74) is 0.545. The molecule has 1 aliphatic heterocycles. The number of halogens is 2. The maximum absolute atomic E-state index is 12.9. The van der Waals surface area contributed by atoms with Crippen LogP contribution in [-0.2, 0) is 0 Å². The van der Waals surface area contributed by atoms with Crippen LogP contribution in [0.3, 0.4) is 0 Å². The monoisotopic (exact) mass is 285 g/mol. The Morgan fingerprint density at radius 3 is 2.56 bits per heavy atom. The fourth-order valence-corrected chi connectivity index (χ4v) is 2.45. The molecule has 16 heavy (non-hydrogen) atoms. The molecular formula is C12H13BrFNO. The number of likely N-dealkylation sites (tertiary alicyclic amines) is 1. The van der Waals surface area contributed by atoms with Crippen molar-refractivity contribution in [3.05, 3.63) is 34.1 Å². The molecule has 2 rings (SSSR count). The minimum atomic E-state index is -0.331. The lowest BCUT2D eigenvalue weighted by atomic mass is 10.1. The molecule has 0 aromatic heterocycles. The van der Waals surface area contributed by atoms with Gasteiger partial charge in [0.15, 0.2) is 0 Å². The Kier molecular flexibility index (Phi) is 3.59. The van der Waals surface area contributed by atoms with Gasteiger partial charge in [0.2, 0.25) is 0 Å². The van der Waals surface area contributed by atoms with Crippen LogP contribution in [0.2, 0.25) is 0 Å². The van der Waals surface area contributed by atoms with E-state index in [0.29, 0.717) is 10.0 Å². The molecule has 0 unspecified atom stereocenters. The summed E-state index contributed by atoms with van der Waals surface area (Å²) in [6, 6.07) is 4.19. The van der Waals surface area contributed by atoms with E-state index in [1.807, 2.05) is 4.90 Å². The van der Waals surface area contributed by atoms with Crippen LogP contribution in [0.25, 0.3) is 0 Å². The molecule has 2 nitrogen and oxygen atoms in total. The summed E-state index contributed by atoms with van der Waals surface area (Å²) in [6.07, 6.45) is 3.31. The van der Waals surface area contributed by atoms with E-state index in [4.69, 9.17) is 0 Å². The third-order valence-electron chi connectivity index (χ3n) is 2.80. The Balaban J connectivity index is 2.19. The molecular weight excluding hydrogens is 273 g/mol. The molecule has 1 aromatic carbocycles. The summed E-state index contributed by atoms with van der Waals surface area (Å²) >= 11 is 3.23. The first-order chi connectivity index (χ1) is 7.68. The Hall–Kier alpha value is -0.900. The van der Waals surface area contributed by atoms with Crippen molar-refractivity contribution < 1.29 is 9.18 Å². The largest absolute Gasteiger partial charge is 0.339 e. The van der Waals surface area contributed by atoms with Crippen molar-refractivity contribution in [3.63, 3.8) is 0 Å². The number of carbonyl (C=O) groups is 1. The normalized spacial score (nSPS) is 16.2. The predicted molar refractivity (Wildman–Crippen MR) is 63.9 cm³/mol. The maximum Gasteiger partial charge on any atom is 0.255 e. The topological polar surface area (TPSA) is 20.3 Å². The van der Waals surface area contributed by atoms with Gasteiger partial charge in [-0.2, -0.15) is 0 Å². The van der Waals surface area contributed by atoms with Crippen LogP contribution in [0.4, 0.5) is 4.39 Å². The second kappa shape index (κ2) is 4.95. The number of nitrogens with zero attached hydrogens (tertiary/aromatic N) is 1. The van der Waals surface area contributed by atoms with Crippen molar-refractivity contribution in [1.82, 2.24) is 4.90 Å². The number of carbonyl (C=O) groups excluding carboxylic acids is 1. The molecule has 0 spiro atoms. The van der Waals surface area contributed by atoms with Crippen LogP contribution in [0.15, 0.2) is 22.7 Å². The van der Waals surface area contributed by atoms with E-state index in [0.717, 1.165) is 25.9 Å². The van der Waals surface area contributed by atoms with Crippen LogP contribution < -0.4 is 0 Å². The summed E-state index contributed by atoms with van der Waals surface area (Å²) in [7, 11) is 0. The molecule has 86 valence electrons. The minimum Gasteiger partial charge on any atom is -0.339 e. The lowest BCUT2D eigenvalue weighted by Gasteiger charge is -2.27. The van der Waals surface area contributed by atoms with Gasteiger partial charge in [0.25, 0.3) is 5.91 Å². The van der Waals surface area contributed by atoms with Gasteiger partial charge in [-0.15, -0.1) is 0 Å². The van der Waals surface area contributed by atoms with Gasteiger partial charge < -0.3 is 4.90 Å². The summed E-state index contributed by atoms with van der Waals surface area (Å²) < 4.78 is 13.4. The minimum absolute atomic E-state index is 0.00780. The van der Waals surface area contributed by atoms with Gasteiger partial charge in [-0.25, -0.2) is 4.39 Å². The molecule has 0 bridgehead atoms. The van der Waals surface area contributed by atoms with E-state index in [1.54, 1.807) is 0 Å². The van der Waals surface area contributed by atoms with Crippen LogP contribution in [0, 0.1) is 5.82 Å². The first-order valence-electron chi connectivity index (χ1n) is 5.43. The van der Waals surface area contributed by atoms with Gasteiger partial charge in [0.05, 0.1) is 5.56 Å². The number of hydrogen-bond acceptors (Lipinski definition) is 1. The van der Waals surface area contributed by atoms with E-state index in [9.17, 15) is 9.18 Å².